The molecule has 1 aromatic carbocycles. The second-order valence-corrected chi connectivity index (χ2v) is 5.24. The van der Waals surface area contributed by atoms with Crippen molar-refractivity contribution in [1.82, 2.24) is 4.98 Å². The molecular weight excluding hydrogens is 301 g/mol. The molecule has 0 saturated heterocycles. The van der Waals surface area contributed by atoms with Crippen molar-refractivity contribution in [3.05, 3.63) is 47.5 Å². The third-order valence-corrected chi connectivity index (χ3v) is 3.74. The third-order valence-electron chi connectivity index (χ3n) is 2.37. The van der Waals surface area contributed by atoms with Crippen molar-refractivity contribution in [1.29, 1.82) is 0 Å². The minimum Gasteiger partial charge on any atom is -0.398 e. The summed E-state index contributed by atoms with van der Waals surface area (Å²) in [5.74, 6) is -0.565. The number of nitrogens with zero attached hydrogens (tertiary/aromatic N) is 1. The van der Waals surface area contributed by atoms with E-state index in [9.17, 15) is 9.18 Å². The monoisotopic (exact) mass is 311 g/mol. The number of nitrogens with two attached hydrogens (primary N) is 1. The molecule has 0 aliphatic heterocycles. The van der Waals surface area contributed by atoms with Crippen LogP contribution in [0.25, 0.3) is 0 Å². The number of anilines is 2. The van der Waals surface area contributed by atoms with E-state index in [1.807, 2.05) is 0 Å². The molecule has 2 rings (SSSR count). The van der Waals surface area contributed by atoms with Gasteiger partial charge in [-0.15, -0.1) is 11.8 Å². The van der Waals surface area contributed by atoms with E-state index in [1.165, 1.54) is 24.4 Å². The van der Waals surface area contributed by atoms with Gasteiger partial charge in [0.05, 0.1) is 11.4 Å². The number of pyridine rings is 1. The van der Waals surface area contributed by atoms with Gasteiger partial charge in [0, 0.05) is 16.8 Å². The summed E-state index contributed by atoms with van der Waals surface area (Å²) in [6.07, 6.45) is 1.53. The SMILES string of the molecule is Nc1ccc(F)cc1SCC(=O)Nc1cccnc1Cl. The second kappa shape index (κ2) is 6.58. The van der Waals surface area contributed by atoms with Crippen LogP contribution in [-0.2, 0) is 4.79 Å². The normalized spacial score (nSPS) is 10.3. The maximum atomic E-state index is 13.1. The first-order chi connectivity index (χ1) is 9.56. The standard InChI is InChI=1S/C13H11ClFN3OS/c14-13-10(2-1-5-17-13)18-12(19)7-20-11-6-8(15)3-4-9(11)16/h1-6H,7,16H2,(H,18,19). The van der Waals surface area contributed by atoms with Gasteiger partial charge in [-0.05, 0) is 30.3 Å². The van der Waals surface area contributed by atoms with Gasteiger partial charge in [-0.3, -0.25) is 4.79 Å². The fraction of sp³-hybridized carbons (Fsp3) is 0.0769. The van der Waals surface area contributed by atoms with Crippen LogP contribution in [0.4, 0.5) is 15.8 Å². The average Bonchev–Trinajstić information content (AvgIpc) is 2.42. The predicted molar refractivity (Wildman–Crippen MR) is 79.4 cm³/mol. The molecule has 104 valence electrons. The average molecular weight is 312 g/mol. The highest BCUT2D eigenvalue weighted by atomic mass is 35.5. The number of nitrogen functional groups attached to an aromatic ring is 1. The Labute approximate surface area is 124 Å². The van der Waals surface area contributed by atoms with Gasteiger partial charge >= 0.3 is 0 Å². The summed E-state index contributed by atoms with van der Waals surface area (Å²) < 4.78 is 13.1. The number of benzene rings is 1. The molecule has 1 heterocycles. The first-order valence-electron chi connectivity index (χ1n) is 5.64. The number of hydrogen-bond donors (Lipinski definition) is 2. The van der Waals surface area contributed by atoms with Crippen LogP contribution in [0.2, 0.25) is 5.15 Å². The van der Waals surface area contributed by atoms with Gasteiger partial charge in [0.15, 0.2) is 5.15 Å². The minimum atomic E-state index is -0.391. The zero-order valence-corrected chi connectivity index (χ0v) is 11.8. The Balaban J connectivity index is 1.96. The van der Waals surface area contributed by atoms with Crippen molar-refractivity contribution in [2.45, 2.75) is 4.90 Å². The Bertz CT molecular complexity index is 639. The van der Waals surface area contributed by atoms with Crippen molar-refractivity contribution in [3.8, 4) is 0 Å². The maximum absolute atomic E-state index is 13.1. The van der Waals surface area contributed by atoms with E-state index >= 15 is 0 Å². The molecule has 1 aromatic heterocycles. The lowest BCUT2D eigenvalue weighted by Crippen LogP contribution is -2.14. The van der Waals surface area contributed by atoms with Gasteiger partial charge in [0.25, 0.3) is 0 Å². The zero-order valence-electron chi connectivity index (χ0n) is 10.3. The van der Waals surface area contributed by atoms with Crippen LogP contribution in [0.1, 0.15) is 0 Å². The van der Waals surface area contributed by atoms with Crippen molar-refractivity contribution < 1.29 is 9.18 Å². The highest BCUT2D eigenvalue weighted by Crippen LogP contribution is 2.26. The molecule has 0 radical (unpaired) electrons. The highest BCUT2D eigenvalue weighted by Gasteiger charge is 2.09. The number of carbonyl (C=O) groups is 1. The molecule has 0 bridgehead atoms. The van der Waals surface area contributed by atoms with E-state index in [1.54, 1.807) is 12.1 Å². The molecule has 0 unspecified atom stereocenters. The van der Waals surface area contributed by atoms with Gasteiger partial charge < -0.3 is 11.1 Å². The third kappa shape index (κ3) is 3.85. The van der Waals surface area contributed by atoms with E-state index in [4.69, 9.17) is 17.3 Å². The van der Waals surface area contributed by atoms with E-state index < -0.39 is 5.82 Å². The zero-order chi connectivity index (χ0) is 14.5. The molecule has 0 spiro atoms. The largest absolute Gasteiger partial charge is 0.398 e. The second-order valence-electron chi connectivity index (χ2n) is 3.86. The fourth-order valence-electron chi connectivity index (χ4n) is 1.44. The molecule has 7 heteroatoms. The Kier molecular flexibility index (Phi) is 4.81. The number of halogens is 2. The van der Waals surface area contributed by atoms with Crippen LogP contribution in [0, 0.1) is 5.82 Å². The lowest BCUT2D eigenvalue weighted by atomic mass is 10.3. The minimum absolute atomic E-state index is 0.0961. The summed E-state index contributed by atoms with van der Waals surface area (Å²) in [5, 5.41) is 2.84. The number of aromatic nitrogens is 1. The number of carbonyl (C=O) groups excluding carboxylic acids is 1. The molecule has 1 amide bonds. The maximum Gasteiger partial charge on any atom is 0.234 e. The topological polar surface area (TPSA) is 68.0 Å². The molecule has 4 nitrogen and oxygen atoms in total. The van der Waals surface area contributed by atoms with Crippen LogP contribution in [0.5, 0.6) is 0 Å². The molecular formula is C13H11ClFN3OS. The summed E-state index contributed by atoms with van der Waals surface area (Å²) in [7, 11) is 0. The van der Waals surface area contributed by atoms with Crippen molar-refractivity contribution in [2.75, 3.05) is 16.8 Å². The molecule has 0 atom stereocenters. The number of thioether (sulfide) groups is 1. The lowest BCUT2D eigenvalue weighted by molar-refractivity contribution is -0.113. The Morgan fingerprint density at radius 3 is 3.00 bits per heavy atom. The smallest absolute Gasteiger partial charge is 0.234 e. The summed E-state index contributed by atoms with van der Waals surface area (Å²) in [6.45, 7) is 0. The van der Waals surface area contributed by atoms with Crippen molar-refractivity contribution >= 4 is 40.6 Å². The Hall–Kier alpha value is -1.79. The van der Waals surface area contributed by atoms with E-state index in [0.29, 0.717) is 16.3 Å². The Morgan fingerprint density at radius 2 is 2.25 bits per heavy atom. The van der Waals surface area contributed by atoms with Gasteiger partial charge in [0.1, 0.15) is 5.82 Å². The summed E-state index contributed by atoms with van der Waals surface area (Å²) in [4.78, 5) is 16.2. The lowest BCUT2D eigenvalue weighted by Gasteiger charge is -2.07. The van der Waals surface area contributed by atoms with Gasteiger partial charge in [-0.1, -0.05) is 11.6 Å². The van der Waals surface area contributed by atoms with E-state index in [2.05, 4.69) is 10.3 Å². The van der Waals surface area contributed by atoms with Gasteiger partial charge in [-0.2, -0.15) is 0 Å². The van der Waals surface area contributed by atoms with E-state index in [-0.39, 0.29) is 16.8 Å². The van der Waals surface area contributed by atoms with Crippen molar-refractivity contribution in [3.63, 3.8) is 0 Å². The summed E-state index contributed by atoms with van der Waals surface area (Å²) in [6, 6.07) is 7.35. The fourth-order valence-corrected chi connectivity index (χ4v) is 2.40. The predicted octanol–water partition coefficient (Wildman–Crippen LogP) is 3.19. The van der Waals surface area contributed by atoms with Crippen LogP contribution in [0.3, 0.4) is 0 Å². The van der Waals surface area contributed by atoms with Crippen LogP contribution < -0.4 is 11.1 Å². The van der Waals surface area contributed by atoms with Crippen molar-refractivity contribution in [2.24, 2.45) is 0 Å². The molecule has 3 N–H and O–H groups in total. The van der Waals surface area contributed by atoms with Gasteiger partial charge in [-0.25, -0.2) is 9.37 Å². The molecule has 0 saturated carbocycles. The molecule has 0 fully saturated rings. The molecule has 20 heavy (non-hydrogen) atoms. The number of amides is 1. The first kappa shape index (κ1) is 14.6. The number of rotatable bonds is 4. The number of nitrogens with one attached hydrogen (secondary N) is 1. The van der Waals surface area contributed by atoms with Crippen LogP contribution in [-0.4, -0.2) is 16.6 Å². The first-order valence-corrected chi connectivity index (χ1v) is 7.01. The summed E-state index contributed by atoms with van der Waals surface area (Å²) in [5.41, 5.74) is 6.57. The van der Waals surface area contributed by atoms with Crippen LogP contribution >= 0.6 is 23.4 Å². The van der Waals surface area contributed by atoms with E-state index in [0.717, 1.165) is 11.8 Å². The summed E-state index contributed by atoms with van der Waals surface area (Å²) >= 11 is 6.98. The molecule has 0 aliphatic rings. The van der Waals surface area contributed by atoms with Crippen LogP contribution in [0.15, 0.2) is 41.4 Å². The Morgan fingerprint density at radius 1 is 1.45 bits per heavy atom. The molecule has 0 aliphatic carbocycles. The van der Waals surface area contributed by atoms with Gasteiger partial charge in [0.2, 0.25) is 5.91 Å². The molecule has 2 aromatic rings. The number of hydrogen-bond acceptors (Lipinski definition) is 4. The highest BCUT2D eigenvalue weighted by molar-refractivity contribution is 8.00. The quantitative estimate of drug-likeness (QED) is 0.517.